The van der Waals surface area contributed by atoms with E-state index in [-0.39, 0.29) is 11.3 Å². The Balaban J connectivity index is 1.27. The molecule has 0 saturated heterocycles. The summed E-state index contributed by atoms with van der Waals surface area (Å²) >= 11 is 0. The Kier molecular flexibility index (Phi) is 5.38. The first-order valence-electron chi connectivity index (χ1n) is 11.2. The zero-order valence-electron chi connectivity index (χ0n) is 18.8. The monoisotopic (exact) mass is 434 g/mol. The van der Waals surface area contributed by atoms with Gasteiger partial charge in [0.25, 0.3) is 5.91 Å². The highest BCUT2D eigenvalue weighted by Gasteiger charge is 2.36. The van der Waals surface area contributed by atoms with E-state index in [1.807, 2.05) is 65.6 Å². The van der Waals surface area contributed by atoms with E-state index in [2.05, 4.69) is 54.6 Å². The molecule has 5 rings (SSSR count). The van der Waals surface area contributed by atoms with Crippen molar-refractivity contribution >= 4 is 17.3 Å². The van der Waals surface area contributed by atoms with Crippen LogP contribution < -0.4 is 5.32 Å². The van der Waals surface area contributed by atoms with Gasteiger partial charge in [0.1, 0.15) is 0 Å². The molecule has 0 saturated carbocycles. The van der Waals surface area contributed by atoms with Gasteiger partial charge in [-0.25, -0.2) is 4.68 Å². The normalized spacial score (nSPS) is 13.9. The highest BCUT2D eigenvalue weighted by molar-refractivity contribution is 6.12. The van der Waals surface area contributed by atoms with Crippen molar-refractivity contribution in [3.05, 3.63) is 114 Å². The van der Waals surface area contributed by atoms with Crippen LogP contribution in [-0.4, -0.2) is 27.9 Å². The summed E-state index contributed by atoms with van der Waals surface area (Å²) in [6, 6.07) is 25.9. The topological polar surface area (TPSA) is 59.3 Å². The molecule has 3 aromatic carbocycles. The molecule has 0 unspecified atom stereocenters. The standard InChI is InChI=1S/C28H26N4O/c1-28(2)24-10-6-7-11-25(24)31-26(28)22-18-30-32(19-22)23-14-12-21(13-15-23)27(33)29-17-16-20-8-4-3-5-9-20/h3-15,18-19H,16-17H2,1-2H3,(H,29,33). The fraction of sp³-hybridized carbons (Fsp3) is 0.179. The van der Waals surface area contributed by atoms with Gasteiger partial charge in [0, 0.05) is 29.3 Å². The predicted octanol–water partition coefficient (Wildman–Crippen LogP) is 5.26. The van der Waals surface area contributed by atoms with Crippen molar-refractivity contribution in [3.8, 4) is 5.69 Å². The zero-order chi connectivity index (χ0) is 22.8. The summed E-state index contributed by atoms with van der Waals surface area (Å²) in [7, 11) is 0. The van der Waals surface area contributed by atoms with Crippen molar-refractivity contribution in [1.82, 2.24) is 15.1 Å². The van der Waals surface area contributed by atoms with Gasteiger partial charge in [0.2, 0.25) is 0 Å². The lowest BCUT2D eigenvalue weighted by molar-refractivity contribution is 0.0954. The maximum Gasteiger partial charge on any atom is 0.251 e. The van der Waals surface area contributed by atoms with Crippen molar-refractivity contribution in [1.29, 1.82) is 0 Å². The Morgan fingerprint density at radius 2 is 1.67 bits per heavy atom. The molecule has 164 valence electrons. The van der Waals surface area contributed by atoms with Gasteiger partial charge in [0.15, 0.2) is 0 Å². The lowest BCUT2D eigenvalue weighted by Gasteiger charge is -2.21. The van der Waals surface area contributed by atoms with Crippen molar-refractivity contribution in [2.45, 2.75) is 25.7 Å². The summed E-state index contributed by atoms with van der Waals surface area (Å²) in [5, 5.41) is 7.54. The van der Waals surface area contributed by atoms with Gasteiger partial charge in [-0.05, 0) is 47.9 Å². The second kappa shape index (κ2) is 8.51. The second-order valence-electron chi connectivity index (χ2n) is 8.81. The van der Waals surface area contributed by atoms with Crippen LogP contribution in [0.25, 0.3) is 5.69 Å². The van der Waals surface area contributed by atoms with E-state index in [9.17, 15) is 4.79 Å². The summed E-state index contributed by atoms with van der Waals surface area (Å²) in [6.45, 7) is 4.99. The Bertz CT molecular complexity index is 1320. The van der Waals surface area contributed by atoms with E-state index in [0.717, 1.165) is 29.1 Å². The van der Waals surface area contributed by atoms with Crippen LogP contribution in [0.4, 0.5) is 5.69 Å². The van der Waals surface area contributed by atoms with Gasteiger partial charge in [-0.2, -0.15) is 5.10 Å². The van der Waals surface area contributed by atoms with E-state index >= 15 is 0 Å². The summed E-state index contributed by atoms with van der Waals surface area (Å²) in [6.07, 6.45) is 4.67. The fourth-order valence-corrected chi connectivity index (χ4v) is 4.33. The third kappa shape index (κ3) is 4.10. The minimum Gasteiger partial charge on any atom is -0.352 e. The number of nitrogens with zero attached hydrogens (tertiary/aromatic N) is 3. The quantitative estimate of drug-likeness (QED) is 0.450. The highest BCUT2D eigenvalue weighted by Crippen LogP contribution is 2.41. The van der Waals surface area contributed by atoms with Crippen LogP contribution in [0, 0.1) is 0 Å². The van der Waals surface area contributed by atoms with Crippen LogP contribution >= 0.6 is 0 Å². The van der Waals surface area contributed by atoms with E-state index in [0.29, 0.717) is 12.1 Å². The zero-order valence-corrected chi connectivity index (χ0v) is 18.8. The predicted molar refractivity (Wildman–Crippen MR) is 132 cm³/mol. The molecule has 4 aromatic rings. The molecule has 1 aromatic heterocycles. The number of aromatic nitrogens is 2. The number of hydrogen-bond donors (Lipinski definition) is 1. The minimum atomic E-state index is -0.174. The Labute approximate surface area is 193 Å². The number of amides is 1. The van der Waals surface area contributed by atoms with Gasteiger partial charge in [0.05, 0.1) is 23.3 Å². The number of aliphatic imine (C=N–C) groups is 1. The number of carbonyl (C=O) groups excluding carboxylic acids is 1. The number of nitrogens with one attached hydrogen (secondary N) is 1. The second-order valence-corrected chi connectivity index (χ2v) is 8.81. The SMILES string of the molecule is CC1(C)C(c2cnn(-c3ccc(C(=O)NCCc4ccccc4)cc3)c2)=Nc2ccccc21. The van der Waals surface area contributed by atoms with Gasteiger partial charge >= 0.3 is 0 Å². The minimum absolute atomic E-state index is 0.0709. The van der Waals surface area contributed by atoms with Gasteiger partial charge in [-0.15, -0.1) is 0 Å². The van der Waals surface area contributed by atoms with Gasteiger partial charge in [-0.3, -0.25) is 9.79 Å². The van der Waals surface area contributed by atoms with E-state index in [1.165, 1.54) is 11.1 Å². The summed E-state index contributed by atoms with van der Waals surface area (Å²) in [4.78, 5) is 17.4. The third-order valence-electron chi connectivity index (χ3n) is 6.19. The molecule has 0 aliphatic carbocycles. The first kappa shape index (κ1) is 20.9. The number of rotatable bonds is 6. The Hall–Kier alpha value is -3.99. The molecule has 5 nitrogen and oxygen atoms in total. The average Bonchev–Trinajstić information content (AvgIpc) is 3.42. The number of para-hydroxylation sites is 1. The molecule has 5 heteroatoms. The number of carbonyl (C=O) groups is 1. The molecular weight excluding hydrogens is 408 g/mol. The van der Waals surface area contributed by atoms with Gasteiger partial charge < -0.3 is 5.32 Å². The maximum atomic E-state index is 12.5. The maximum absolute atomic E-state index is 12.5. The lowest BCUT2D eigenvalue weighted by atomic mass is 9.80. The van der Waals surface area contributed by atoms with Crippen LogP contribution in [0.5, 0.6) is 0 Å². The van der Waals surface area contributed by atoms with Crippen molar-refractivity contribution < 1.29 is 4.79 Å². The molecule has 0 bridgehead atoms. The molecule has 0 radical (unpaired) electrons. The first-order valence-corrected chi connectivity index (χ1v) is 11.2. The highest BCUT2D eigenvalue weighted by atomic mass is 16.1. The molecule has 2 heterocycles. The van der Waals surface area contributed by atoms with Gasteiger partial charge in [-0.1, -0.05) is 62.4 Å². The number of benzene rings is 3. The van der Waals surface area contributed by atoms with Crippen LogP contribution in [0.1, 0.15) is 40.9 Å². The molecule has 1 aliphatic heterocycles. The first-order chi connectivity index (χ1) is 16.0. The number of hydrogen-bond acceptors (Lipinski definition) is 3. The Morgan fingerprint density at radius 3 is 2.42 bits per heavy atom. The molecule has 33 heavy (non-hydrogen) atoms. The fourth-order valence-electron chi connectivity index (χ4n) is 4.33. The summed E-state index contributed by atoms with van der Waals surface area (Å²) in [5.74, 6) is -0.0709. The van der Waals surface area contributed by atoms with Crippen LogP contribution in [0.15, 0.2) is 96.2 Å². The molecule has 0 fully saturated rings. The molecule has 1 amide bonds. The van der Waals surface area contributed by atoms with E-state index < -0.39 is 0 Å². The average molecular weight is 435 g/mol. The van der Waals surface area contributed by atoms with Crippen LogP contribution in [-0.2, 0) is 11.8 Å². The van der Waals surface area contributed by atoms with Crippen LogP contribution in [0.3, 0.4) is 0 Å². The Morgan fingerprint density at radius 1 is 0.939 bits per heavy atom. The smallest absolute Gasteiger partial charge is 0.251 e. The molecule has 0 spiro atoms. The third-order valence-corrected chi connectivity index (χ3v) is 6.19. The van der Waals surface area contributed by atoms with Crippen molar-refractivity contribution in [3.63, 3.8) is 0 Å². The van der Waals surface area contributed by atoms with E-state index in [4.69, 9.17) is 4.99 Å². The van der Waals surface area contributed by atoms with E-state index in [1.54, 1.807) is 0 Å². The lowest BCUT2D eigenvalue weighted by Crippen LogP contribution is -2.26. The molecular formula is C28H26N4O. The van der Waals surface area contributed by atoms with Crippen molar-refractivity contribution in [2.75, 3.05) is 6.54 Å². The van der Waals surface area contributed by atoms with Crippen LogP contribution in [0.2, 0.25) is 0 Å². The van der Waals surface area contributed by atoms with Crippen molar-refractivity contribution in [2.24, 2.45) is 4.99 Å². The summed E-state index contributed by atoms with van der Waals surface area (Å²) < 4.78 is 1.83. The summed E-state index contributed by atoms with van der Waals surface area (Å²) in [5.41, 5.74) is 6.84. The molecule has 0 atom stereocenters. The number of fused-ring (bicyclic) bond motifs is 1. The molecule has 1 aliphatic rings. The molecule has 1 N–H and O–H groups in total. The largest absolute Gasteiger partial charge is 0.352 e.